The Labute approximate surface area is 269 Å². The quantitative estimate of drug-likeness (QED) is 0.201. The first-order valence-electron chi connectivity index (χ1n) is 15.8. The van der Waals surface area contributed by atoms with Crippen LogP contribution in [0.3, 0.4) is 0 Å². The van der Waals surface area contributed by atoms with E-state index in [1.54, 1.807) is 0 Å². The molecular formula is C43H26N2O2. The summed E-state index contributed by atoms with van der Waals surface area (Å²) in [6, 6.07) is 54.9. The van der Waals surface area contributed by atoms with Crippen LogP contribution in [0.5, 0.6) is 0 Å². The van der Waals surface area contributed by atoms with Crippen LogP contribution in [0, 0.1) is 0 Å². The molecule has 0 N–H and O–H groups in total. The van der Waals surface area contributed by atoms with Crippen LogP contribution in [0.4, 0.5) is 0 Å². The van der Waals surface area contributed by atoms with Gasteiger partial charge in [0.1, 0.15) is 28.2 Å². The second kappa shape index (κ2) is 10.1. The van der Waals surface area contributed by atoms with E-state index in [-0.39, 0.29) is 0 Å². The van der Waals surface area contributed by atoms with Crippen LogP contribution in [-0.2, 0) is 0 Å². The lowest BCUT2D eigenvalue weighted by Gasteiger charge is -2.11. The van der Waals surface area contributed by atoms with Gasteiger partial charge in [0.05, 0.1) is 22.1 Å². The van der Waals surface area contributed by atoms with Crippen LogP contribution in [-0.4, -0.2) is 9.55 Å². The van der Waals surface area contributed by atoms with Gasteiger partial charge in [0.25, 0.3) is 0 Å². The van der Waals surface area contributed by atoms with Crippen molar-refractivity contribution >= 4 is 54.9 Å². The summed E-state index contributed by atoms with van der Waals surface area (Å²) in [5.74, 6) is 0.903. The predicted molar refractivity (Wildman–Crippen MR) is 192 cm³/mol. The van der Waals surface area contributed by atoms with E-state index in [0.717, 1.165) is 94.2 Å². The minimum Gasteiger partial charge on any atom is -0.456 e. The van der Waals surface area contributed by atoms with Crippen molar-refractivity contribution in [3.63, 3.8) is 0 Å². The molecule has 0 saturated heterocycles. The lowest BCUT2D eigenvalue weighted by atomic mass is 9.97. The number of imidazole rings is 1. The molecule has 0 saturated carbocycles. The number of hydrogen-bond acceptors (Lipinski definition) is 3. The maximum absolute atomic E-state index is 6.46. The normalized spacial score (nSPS) is 11.8. The molecule has 47 heavy (non-hydrogen) atoms. The van der Waals surface area contributed by atoms with Gasteiger partial charge in [-0.15, -0.1) is 0 Å². The number of nitrogens with zero attached hydrogens (tertiary/aromatic N) is 2. The highest BCUT2D eigenvalue weighted by atomic mass is 16.3. The van der Waals surface area contributed by atoms with Gasteiger partial charge in [-0.2, -0.15) is 0 Å². The van der Waals surface area contributed by atoms with Crippen LogP contribution in [0.15, 0.2) is 167 Å². The lowest BCUT2D eigenvalue weighted by Crippen LogP contribution is -1.98. The summed E-state index contributed by atoms with van der Waals surface area (Å²) in [5.41, 5.74) is 12.2. The summed E-state index contributed by atoms with van der Waals surface area (Å²) in [6.07, 6.45) is 0. The minimum atomic E-state index is 0.848. The summed E-state index contributed by atoms with van der Waals surface area (Å²) in [6.45, 7) is 0. The number of fused-ring (bicyclic) bond motifs is 7. The zero-order chi connectivity index (χ0) is 30.9. The number of hydrogen-bond donors (Lipinski definition) is 0. The fourth-order valence-electron chi connectivity index (χ4n) is 7.01. The molecule has 7 aromatic carbocycles. The summed E-state index contributed by atoms with van der Waals surface area (Å²) in [4.78, 5) is 5.09. The summed E-state index contributed by atoms with van der Waals surface area (Å²) in [7, 11) is 0. The Morgan fingerprint density at radius 3 is 1.85 bits per heavy atom. The zero-order valence-corrected chi connectivity index (χ0v) is 25.2. The molecule has 0 radical (unpaired) electrons. The van der Waals surface area contributed by atoms with E-state index in [0.29, 0.717) is 0 Å². The van der Waals surface area contributed by atoms with Gasteiger partial charge in [0.15, 0.2) is 0 Å². The molecule has 220 valence electrons. The van der Waals surface area contributed by atoms with E-state index in [1.807, 2.05) is 24.3 Å². The maximum atomic E-state index is 6.46. The van der Waals surface area contributed by atoms with Crippen molar-refractivity contribution in [1.82, 2.24) is 9.55 Å². The average Bonchev–Trinajstić information content (AvgIpc) is 3.83. The van der Waals surface area contributed by atoms with Gasteiger partial charge in [-0.05, 0) is 82.9 Å². The molecule has 0 fully saturated rings. The number of rotatable bonds is 4. The fourth-order valence-corrected chi connectivity index (χ4v) is 7.01. The predicted octanol–water partition coefficient (Wildman–Crippen LogP) is 11.8. The van der Waals surface area contributed by atoms with Crippen LogP contribution in [0.25, 0.3) is 94.2 Å². The molecule has 0 unspecified atom stereocenters. The number of furan rings is 2. The Hall–Kier alpha value is -6.39. The minimum absolute atomic E-state index is 0.848. The Morgan fingerprint density at radius 1 is 0.404 bits per heavy atom. The molecule has 0 atom stereocenters. The molecule has 0 aliphatic carbocycles. The largest absolute Gasteiger partial charge is 0.456 e. The second-order valence-electron chi connectivity index (χ2n) is 12.0. The Kier molecular flexibility index (Phi) is 5.54. The summed E-state index contributed by atoms with van der Waals surface area (Å²) >= 11 is 0. The van der Waals surface area contributed by atoms with Gasteiger partial charge in [-0.25, -0.2) is 4.98 Å². The summed E-state index contributed by atoms with van der Waals surface area (Å²) < 4.78 is 14.8. The molecule has 4 nitrogen and oxygen atoms in total. The highest BCUT2D eigenvalue weighted by Gasteiger charge is 2.19. The first-order valence-corrected chi connectivity index (χ1v) is 15.8. The van der Waals surface area contributed by atoms with Crippen molar-refractivity contribution in [2.75, 3.05) is 0 Å². The van der Waals surface area contributed by atoms with E-state index >= 15 is 0 Å². The van der Waals surface area contributed by atoms with Crippen molar-refractivity contribution in [2.45, 2.75) is 0 Å². The van der Waals surface area contributed by atoms with Crippen LogP contribution in [0.2, 0.25) is 0 Å². The molecule has 10 aromatic rings. The van der Waals surface area contributed by atoms with Crippen molar-refractivity contribution in [3.05, 3.63) is 158 Å². The van der Waals surface area contributed by atoms with Crippen molar-refractivity contribution < 1.29 is 8.83 Å². The maximum Gasteiger partial charge on any atom is 0.145 e. The first-order chi connectivity index (χ1) is 23.3. The van der Waals surface area contributed by atoms with Gasteiger partial charge < -0.3 is 8.83 Å². The van der Waals surface area contributed by atoms with Crippen LogP contribution in [0.1, 0.15) is 0 Å². The molecule has 0 aliphatic heterocycles. The molecular weight excluding hydrogens is 576 g/mol. The van der Waals surface area contributed by atoms with Gasteiger partial charge >= 0.3 is 0 Å². The molecule has 0 amide bonds. The molecule has 4 heteroatoms. The van der Waals surface area contributed by atoms with E-state index < -0.39 is 0 Å². The van der Waals surface area contributed by atoms with E-state index in [9.17, 15) is 0 Å². The van der Waals surface area contributed by atoms with Gasteiger partial charge in [-0.3, -0.25) is 4.57 Å². The molecule has 10 rings (SSSR count). The van der Waals surface area contributed by atoms with E-state index in [1.165, 1.54) is 0 Å². The third-order valence-electron chi connectivity index (χ3n) is 9.21. The van der Waals surface area contributed by atoms with E-state index in [2.05, 4.69) is 138 Å². The number of benzene rings is 7. The van der Waals surface area contributed by atoms with Crippen LogP contribution < -0.4 is 0 Å². The lowest BCUT2D eigenvalue weighted by molar-refractivity contribution is 0.668. The molecule has 3 heterocycles. The van der Waals surface area contributed by atoms with Crippen molar-refractivity contribution in [1.29, 1.82) is 0 Å². The van der Waals surface area contributed by atoms with Gasteiger partial charge in [0, 0.05) is 21.7 Å². The monoisotopic (exact) mass is 602 g/mol. The highest BCUT2D eigenvalue weighted by molar-refractivity contribution is 6.11. The first kappa shape index (κ1) is 25.9. The summed E-state index contributed by atoms with van der Waals surface area (Å²) in [5, 5.41) is 4.40. The van der Waals surface area contributed by atoms with Gasteiger partial charge in [-0.1, -0.05) is 97.1 Å². The highest BCUT2D eigenvalue weighted by Crippen LogP contribution is 2.40. The second-order valence-corrected chi connectivity index (χ2v) is 12.0. The number of para-hydroxylation sites is 3. The average molecular weight is 603 g/mol. The molecule has 0 aliphatic rings. The Morgan fingerprint density at radius 2 is 1.00 bits per heavy atom. The van der Waals surface area contributed by atoms with Gasteiger partial charge in [0.2, 0.25) is 0 Å². The molecule has 0 spiro atoms. The molecule has 0 bridgehead atoms. The topological polar surface area (TPSA) is 44.1 Å². The third kappa shape index (κ3) is 4.05. The van der Waals surface area contributed by atoms with Crippen LogP contribution >= 0.6 is 0 Å². The third-order valence-corrected chi connectivity index (χ3v) is 9.21. The SMILES string of the molecule is c1ccc(-c2nc3ccccc3n2-c2cccc3oc4ccc(-c5cccc(-c6ccc7oc8ccccc8c7c6)c5)cc4c23)cc1. The Balaban J connectivity index is 1.15. The Bertz CT molecular complexity index is 2800. The molecule has 3 aromatic heterocycles. The van der Waals surface area contributed by atoms with Crippen molar-refractivity contribution in [2.24, 2.45) is 0 Å². The fraction of sp³-hybridized carbons (Fsp3) is 0. The smallest absolute Gasteiger partial charge is 0.145 e. The number of aromatic nitrogens is 2. The zero-order valence-electron chi connectivity index (χ0n) is 25.2. The standard InChI is InChI=1S/C43H26N2O2/c1-2-10-27(11-3-1)43-44-35-15-5-6-16-36(35)45(43)37-17-9-19-41-42(37)34-26-31(21-23-40(34)47-41)29-13-8-12-28(24-29)30-20-22-39-33(25-30)32-14-4-7-18-38(32)46-39/h1-26H. The van der Waals surface area contributed by atoms with Crippen molar-refractivity contribution in [3.8, 4) is 39.3 Å². The van der Waals surface area contributed by atoms with E-state index in [4.69, 9.17) is 13.8 Å².